The van der Waals surface area contributed by atoms with Gasteiger partial charge in [0, 0.05) is 12.2 Å². The molecule has 0 radical (unpaired) electrons. The Kier molecular flexibility index (Phi) is 3.19. The zero-order chi connectivity index (χ0) is 11.4. The molecular weight excluding hydrogens is 202 g/mol. The van der Waals surface area contributed by atoms with E-state index < -0.39 is 5.91 Å². The van der Waals surface area contributed by atoms with Gasteiger partial charge < -0.3 is 11.1 Å². The van der Waals surface area contributed by atoms with Gasteiger partial charge in [0.15, 0.2) is 0 Å². The summed E-state index contributed by atoms with van der Waals surface area (Å²) in [6.45, 7) is 0. The third kappa shape index (κ3) is 2.59. The number of primary amides is 1. The van der Waals surface area contributed by atoms with Crippen LogP contribution in [0.3, 0.4) is 0 Å². The smallest absolute Gasteiger partial charge is 0.250 e. The van der Waals surface area contributed by atoms with Crippen molar-refractivity contribution in [2.24, 2.45) is 5.73 Å². The van der Waals surface area contributed by atoms with Gasteiger partial charge in [0.05, 0.1) is 5.56 Å². The Morgan fingerprint density at radius 1 is 1.44 bits per heavy atom. The fourth-order valence-electron chi connectivity index (χ4n) is 1.76. The van der Waals surface area contributed by atoms with Crippen molar-refractivity contribution in [3.8, 4) is 0 Å². The van der Waals surface area contributed by atoms with E-state index in [0.29, 0.717) is 11.6 Å². The number of hydrogen-bond acceptors (Lipinski definition) is 3. The minimum Gasteiger partial charge on any atom is -0.367 e. The standard InChI is InChI=1S/C12H15N3O/c13-12(16)9-6-7-11(14-8-9)15-10-4-2-1-3-5-10/h1-2,6-8,10H,3-5H2,(H2,13,16)(H,14,15). The number of nitrogens with zero attached hydrogens (tertiary/aromatic N) is 1. The molecule has 1 aromatic rings. The fraction of sp³-hybridized carbons (Fsp3) is 0.333. The number of hydrogen-bond donors (Lipinski definition) is 2. The number of amides is 1. The first-order valence-electron chi connectivity index (χ1n) is 5.43. The molecule has 4 nitrogen and oxygen atoms in total. The van der Waals surface area contributed by atoms with Crippen LogP contribution in [0.4, 0.5) is 5.82 Å². The van der Waals surface area contributed by atoms with E-state index in [4.69, 9.17) is 5.73 Å². The highest BCUT2D eigenvalue weighted by Crippen LogP contribution is 2.15. The average Bonchev–Trinajstić information content (AvgIpc) is 2.31. The van der Waals surface area contributed by atoms with Gasteiger partial charge in [-0.15, -0.1) is 0 Å². The summed E-state index contributed by atoms with van der Waals surface area (Å²) >= 11 is 0. The summed E-state index contributed by atoms with van der Waals surface area (Å²) in [4.78, 5) is 15.0. The Labute approximate surface area is 94.6 Å². The summed E-state index contributed by atoms with van der Waals surface area (Å²) in [6.07, 6.45) is 9.14. The molecular formula is C12H15N3O. The van der Waals surface area contributed by atoms with E-state index in [0.717, 1.165) is 25.1 Å². The van der Waals surface area contributed by atoms with Crippen LogP contribution < -0.4 is 11.1 Å². The topological polar surface area (TPSA) is 68.0 Å². The number of rotatable bonds is 3. The maximum absolute atomic E-state index is 10.9. The molecule has 1 aliphatic rings. The Bertz CT molecular complexity index is 397. The lowest BCUT2D eigenvalue weighted by atomic mass is 10.0. The maximum atomic E-state index is 10.9. The highest BCUT2D eigenvalue weighted by molar-refractivity contribution is 5.92. The predicted molar refractivity (Wildman–Crippen MR) is 63.2 cm³/mol. The molecule has 3 N–H and O–H groups in total. The van der Waals surface area contributed by atoms with Gasteiger partial charge in [-0.1, -0.05) is 12.2 Å². The monoisotopic (exact) mass is 217 g/mol. The number of nitrogens with one attached hydrogen (secondary N) is 1. The van der Waals surface area contributed by atoms with Crippen LogP contribution in [0.15, 0.2) is 30.5 Å². The van der Waals surface area contributed by atoms with Gasteiger partial charge in [0.1, 0.15) is 5.82 Å². The number of pyridine rings is 1. The molecule has 1 aliphatic carbocycles. The number of carbonyl (C=O) groups is 1. The van der Waals surface area contributed by atoms with Crippen molar-refractivity contribution in [2.45, 2.75) is 25.3 Å². The second-order valence-corrected chi connectivity index (χ2v) is 3.92. The normalized spacial score (nSPS) is 19.4. The van der Waals surface area contributed by atoms with Gasteiger partial charge in [-0.2, -0.15) is 0 Å². The van der Waals surface area contributed by atoms with Gasteiger partial charge in [0.2, 0.25) is 5.91 Å². The quantitative estimate of drug-likeness (QED) is 0.757. The molecule has 0 aliphatic heterocycles. The third-order valence-corrected chi connectivity index (χ3v) is 2.67. The zero-order valence-electron chi connectivity index (χ0n) is 9.02. The summed E-state index contributed by atoms with van der Waals surface area (Å²) < 4.78 is 0. The molecule has 1 atom stereocenters. The average molecular weight is 217 g/mol. The second kappa shape index (κ2) is 4.79. The Morgan fingerprint density at radius 3 is 2.88 bits per heavy atom. The van der Waals surface area contributed by atoms with Gasteiger partial charge in [-0.05, 0) is 31.4 Å². The molecule has 0 saturated heterocycles. The largest absolute Gasteiger partial charge is 0.367 e. The third-order valence-electron chi connectivity index (χ3n) is 2.67. The molecule has 0 fully saturated rings. The van der Waals surface area contributed by atoms with Crippen molar-refractivity contribution in [3.63, 3.8) is 0 Å². The van der Waals surface area contributed by atoms with Crippen LogP contribution in [-0.4, -0.2) is 16.9 Å². The van der Waals surface area contributed by atoms with Crippen LogP contribution in [0.5, 0.6) is 0 Å². The number of nitrogens with two attached hydrogens (primary N) is 1. The van der Waals surface area contributed by atoms with Gasteiger partial charge in [-0.25, -0.2) is 4.98 Å². The molecule has 0 spiro atoms. The molecule has 1 amide bonds. The first-order valence-corrected chi connectivity index (χ1v) is 5.43. The molecule has 0 saturated carbocycles. The minimum absolute atomic E-state index is 0.439. The van der Waals surface area contributed by atoms with Crippen LogP contribution in [0.1, 0.15) is 29.6 Å². The Balaban J connectivity index is 1.99. The molecule has 0 aromatic carbocycles. The van der Waals surface area contributed by atoms with Crippen molar-refractivity contribution in [3.05, 3.63) is 36.0 Å². The lowest BCUT2D eigenvalue weighted by Gasteiger charge is -2.19. The van der Waals surface area contributed by atoms with Crippen molar-refractivity contribution >= 4 is 11.7 Å². The van der Waals surface area contributed by atoms with Gasteiger partial charge >= 0.3 is 0 Å². The molecule has 1 unspecified atom stereocenters. The van der Waals surface area contributed by atoms with Crippen molar-refractivity contribution in [2.75, 3.05) is 5.32 Å². The molecule has 84 valence electrons. The molecule has 0 bridgehead atoms. The van der Waals surface area contributed by atoms with E-state index >= 15 is 0 Å². The molecule has 16 heavy (non-hydrogen) atoms. The Hall–Kier alpha value is -1.84. The predicted octanol–water partition coefficient (Wildman–Crippen LogP) is 1.70. The van der Waals surface area contributed by atoms with E-state index in [1.54, 1.807) is 12.1 Å². The van der Waals surface area contributed by atoms with Crippen molar-refractivity contribution < 1.29 is 4.79 Å². The molecule has 1 heterocycles. The lowest BCUT2D eigenvalue weighted by Crippen LogP contribution is -2.21. The van der Waals surface area contributed by atoms with Crippen molar-refractivity contribution in [1.82, 2.24) is 4.98 Å². The van der Waals surface area contributed by atoms with Crippen LogP contribution in [0.2, 0.25) is 0 Å². The molecule has 4 heteroatoms. The van der Waals surface area contributed by atoms with E-state index in [1.807, 2.05) is 0 Å². The van der Waals surface area contributed by atoms with Crippen LogP contribution >= 0.6 is 0 Å². The first-order chi connectivity index (χ1) is 7.75. The zero-order valence-corrected chi connectivity index (χ0v) is 9.02. The Morgan fingerprint density at radius 2 is 2.31 bits per heavy atom. The number of allylic oxidation sites excluding steroid dienone is 1. The van der Waals surface area contributed by atoms with Crippen LogP contribution in [0, 0.1) is 0 Å². The highest BCUT2D eigenvalue weighted by atomic mass is 16.1. The minimum atomic E-state index is -0.445. The summed E-state index contributed by atoms with van der Waals surface area (Å²) in [6, 6.07) is 3.92. The fourth-order valence-corrected chi connectivity index (χ4v) is 1.76. The van der Waals surface area contributed by atoms with Gasteiger partial charge in [0.25, 0.3) is 0 Å². The van der Waals surface area contributed by atoms with E-state index in [2.05, 4.69) is 22.5 Å². The van der Waals surface area contributed by atoms with E-state index in [9.17, 15) is 4.79 Å². The lowest BCUT2D eigenvalue weighted by molar-refractivity contribution is 0.1000. The summed E-state index contributed by atoms with van der Waals surface area (Å²) in [5, 5.41) is 3.33. The molecule has 1 aromatic heterocycles. The van der Waals surface area contributed by atoms with E-state index in [1.165, 1.54) is 6.20 Å². The number of anilines is 1. The van der Waals surface area contributed by atoms with Crippen molar-refractivity contribution in [1.29, 1.82) is 0 Å². The second-order valence-electron chi connectivity index (χ2n) is 3.92. The first kappa shape index (κ1) is 10.7. The maximum Gasteiger partial charge on any atom is 0.250 e. The van der Waals surface area contributed by atoms with Crippen LogP contribution in [-0.2, 0) is 0 Å². The number of carbonyl (C=O) groups excluding carboxylic acids is 1. The summed E-state index contributed by atoms with van der Waals surface area (Å²) in [5.41, 5.74) is 5.58. The SMILES string of the molecule is NC(=O)c1ccc(NC2CC=CCC2)nc1. The summed E-state index contributed by atoms with van der Waals surface area (Å²) in [7, 11) is 0. The van der Waals surface area contributed by atoms with E-state index in [-0.39, 0.29) is 0 Å². The number of aromatic nitrogens is 1. The summed E-state index contributed by atoms with van der Waals surface area (Å²) in [5.74, 6) is 0.352. The molecule has 2 rings (SSSR count). The highest BCUT2D eigenvalue weighted by Gasteiger charge is 2.10. The van der Waals surface area contributed by atoms with Gasteiger partial charge in [-0.3, -0.25) is 4.79 Å². The van der Waals surface area contributed by atoms with Crippen LogP contribution in [0.25, 0.3) is 0 Å².